The number of benzene rings is 2. The second-order valence-electron chi connectivity index (χ2n) is 6.49. The molecule has 3 rings (SSSR count). The topological polar surface area (TPSA) is 93.1 Å². The standard InChI is InChI=1S/C21H17Br2NO6S/c1-12-3-2-4-14(7-12)29-6-5-24-20(27)17(31-21(24)28)10-13-8-15(22)19(16(23)9-13)30-11-18(25)26/h2-4,7-10H,5-6,11H2,1H3,(H,25,26)/b17-10-. The summed E-state index contributed by atoms with van der Waals surface area (Å²) in [5.41, 5.74) is 1.70. The minimum Gasteiger partial charge on any atom is -0.492 e. The lowest BCUT2D eigenvalue weighted by Gasteiger charge is -2.13. The van der Waals surface area contributed by atoms with Gasteiger partial charge in [0.1, 0.15) is 18.1 Å². The number of aryl methyl sites for hydroxylation is 1. The van der Waals surface area contributed by atoms with E-state index in [1.54, 1.807) is 18.2 Å². The third-order valence-electron chi connectivity index (χ3n) is 4.11. The summed E-state index contributed by atoms with van der Waals surface area (Å²) >= 11 is 7.53. The Morgan fingerprint density at radius 1 is 1.16 bits per heavy atom. The van der Waals surface area contributed by atoms with Crippen LogP contribution >= 0.6 is 43.6 Å². The van der Waals surface area contributed by atoms with E-state index in [1.807, 2.05) is 31.2 Å². The number of carbonyl (C=O) groups is 3. The van der Waals surface area contributed by atoms with Crippen molar-refractivity contribution in [3.63, 3.8) is 0 Å². The molecule has 0 atom stereocenters. The number of rotatable bonds is 8. The maximum atomic E-state index is 12.7. The van der Waals surface area contributed by atoms with E-state index in [0.29, 0.717) is 30.9 Å². The lowest BCUT2D eigenvalue weighted by Crippen LogP contribution is -2.32. The zero-order valence-corrected chi connectivity index (χ0v) is 20.3. The van der Waals surface area contributed by atoms with Gasteiger partial charge in [0.05, 0.1) is 20.4 Å². The number of carbonyl (C=O) groups excluding carboxylic acids is 2. The van der Waals surface area contributed by atoms with Crippen molar-refractivity contribution in [1.29, 1.82) is 0 Å². The van der Waals surface area contributed by atoms with E-state index >= 15 is 0 Å². The molecular formula is C21H17Br2NO6S. The molecule has 1 saturated heterocycles. The van der Waals surface area contributed by atoms with E-state index < -0.39 is 12.6 Å². The molecule has 0 saturated carbocycles. The van der Waals surface area contributed by atoms with E-state index in [2.05, 4.69) is 31.9 Å². The zero-order valence-electron chi connectivity index (χ0n) is 16.3. The van der Waals surface area contributed by atoms with Gasteiger partial charge >= 0.3 is 5.97 Å². The molecule has 1 N–H and O–H groups in total. The summed E-state index contributed by atoms with van der Waals surface area (Å²) in [5, 5.41) is 8.41. The number of imide groups is 1. The number of halogens is 2. The highest BCUT2D eigenvalue weighted by Crippen LogP contribution is 2.37. The average molecular weight is 571 g/mol. The molecule has 0 bridgehead atoms. The number of hydrogen-bond acceptors (Lipinski definition) is 6. The van der Waals surface area contributed by atoms with Gasteiger partial charge in [0.25, 0.3) is 11.1 Å². The summed E-state index contributed by atoms with van der Waals surface area (Å²) in [7, 11) is 0. The molecule has 1 aliphatic rings. The van der Waals surface area contributed by atoms with Crippen LogP contribution in [0.4, 0.5) is 4.79 Å². The van der Waals surface area contributed by atoms with Crippen molar-refractivity contribution >= 4 is 66.8 Å². The molecule has 2 aromatic carbocycles. The van der Waals surface area contributed by atoms with Crippen molar-refractivity contribution in [3.8, 4) is 11.5 Å². The van der Waals surface area contributed by atoms with E-state index in [4.69, 9.17) is 14.6 Å². The molecule has 162 valence electrons. The van der Waals surface area contributed by atoms with Crippen LogP contribution < -0.4 is 9.47 Å². The molecule has 0 spiro atoms. The molecule has 2 amide bonds. The van der Waals surface area contributed by atoms with Gasteiger partial charge in [-0.2, -0.15) is 0 Å². The van der Waals surface area contributed by atoms with E-state index in [-0.39, 0.29) is 24.3 Å². The highest BCUT2D eigenvalue weighted by molar-refractivity contribution is 9.11. The van der Waals surface area contributed by atoms with Gasteiger partial charge in [-0.3, -0.25) is 14.5 Å². The number of carboxylic acids is 1. The van der Waals surface area contributed by atoms with Gasteiger partial charge < -0.3 is 14.6 Å². The monoisotopic (exact) mass is 569 g/mol. The van der Waals surface area contributed by atoms with Gasteiger partial charge in [0.2, 0.25) is 0 Å². The first-order chi connectivity index (χ1) is 14.7. The molecule has 1 fully saturated rings. The summed E-state index contributed by atoms with van der Waals surface area (Å²) in [5.74, 6) is -0.465. The maximum Gasteiger partial charge on any atom is 0.341 e. The van der Waals surface area contributed by atoms with Gasteiger partial charge in [-0.05, 0) is 92.0 Å². The van der Waals surface area contributed by atoms with Crippen LogP contribution in [-0.4, -0.2) is 46.9 Å². The average Bonchev–Trinajstić information content (AvgIpc) is 2.94. The molecule has 7 nitrogen and oxygen atoms in total. The number of amides is 2. The first kappa shape index (κ1) is 23.4. The van der Waals surface area contributed by atoms with Crippen molar-refractivity contribution in [2.45, 2.75) is 6.92 Å². The largest absolute Gasteiger partial charge is 0.492 e. The number of nitrogens with zero attached hydrogens (tertiary/aromatic N) is 1. The van der Waals surface area contributed by atoms with Crippen LogP contribution in [0, 0.1) is 6.92 Å². The Balaban J connectivity index is 1.67. The first-order valence-electron chi connectivity index (χ1n) is 9.03. The molecule has 1 aliphatic heterocycles. The number of ether oxygens (including phenoxy) is 2. The highest BCUT2D eigenvalue weighted by atomic mass is 79.9. The Morgan fingerprint density at radius 3 is 2.52 bits per heavy atom. The lowest BCUT2D eigenvalue weighted by atomic mass is 10.2. The molecule has 0 radical (unpaired) electrons. The molecule has 0 aliphatic carbocycles. The molecule has 2 aromatic rings. The predicted molar refractivity (Wildman–Crippen MR) is 124 cm³/mol. The fourth-order valence-electron chi connectivity index (χ4n) is 2.74. The van der Waals surface area contributed by atoms with Gasteiger partial charge in [-0.1, -0.05) is 12.1 Å². The minimum absolute atomic E-state index is 0.144. The summed E-state index contributed by atoms with van der Waals surface area (Å²) in [6.07, 6.45) is 1.60. The third-order valence-corrected chi connectivity index (χ3v) is 6.19. The van der Waals surface area contributed by atoms with Gasteiger partial charge in [0, 0.05) is 0 Å². The van der Waals surface area contributed by atoms with Crippen molar-refractivity contribution in [2.75, 3.05) is 19.8 Å². The van der Waals surface area contributed by atoms with Gasteiger partial charge in [0.15, 0.2) is 6.61 Å². The Morgan fingerprint density at radius 2 is 1.87 bits per heavy atom. The SMILES string of the molecule is Cc1cccc(OCCN2C(=O)S/C(=C\c3cc(Br)c(OCC(=O)O)c(Br)c3)C2=O)c1. The molecule has 0 aromatic heterocycles. The Labute approximate surface area is 199 Å². The normalized spacial score (nSPS) is 14.9. The molecular weight excluding hydrogens is 554 g/mol. The van der Waals surface area contributed by atoms with E-state index in [0.717, 1.165) is 22.2 Å². The second kappa shape index (κ2) is 10.3. The van der Waals surface area contributed by atoms with E-state index in [1.165, 1.54) is 0 Å². The lowest BCUT2D eigenvalue weighted by molar-refractivity contribution is -0.139. The summed E-state index contributed by atoms with van der Waals surface area (Å²) in [6, 6.07) is 10.9. The number of aliphatic carboxylic acids is 1. The van der Waals surface area contributed by atoms with Crippen LogP contribution in [0.15, 0.2) is 50.2 Å². The van der Waals surface area contributed by atoms with Crippen molar-refractivity contribution in [2.24, 2.45) is 0 Å². The second-order valence-corrected chi connectivity index (χ2v) is 9.20. The highest BCUT2D eigenvalue weighted by Gasteiger charge is 2.34. The first-order valence-corrected chi connectivity index (χ1v) is 11.4. The molecule has 10 heteroatoms. The van der Waals surface area contributed by atoms with E-state index in [9.17, 15) is 14.4 Å². The quantitative estimate of drug-likeness (QED) is 0.441. The summed E-state index contributed by atoms with van der Waals surface area (Å²) in [4.78, 5) is 37.1. The Kier molecular flexibility index (Phi) is 7.79. The fraction of sp³-hybridized carbons (Fsp3) is 0.190. The van der Waals surface area contributed by atoms with Crippen LogP contribution in [0.2, 0.25) is 0 Å². The van der Waals surface area contributed by atoms with Gasteiger partial charge in [-0.15, -0.1) is 0 Å². The number of carboxylic acid groups (broad SMARTS) is 1. The van der Waals surface area contributed by atoms with Crippen molar-refractivity contribution < 1.29 is 29.0 Å². The summed E-state index contributed by atoms with van der Waals surface area (Å²) in [6.45, 7) is 1.81. The molecule has 1 heterocycles. The number of hydrogen-bond donors (Lipinski definition) is 1. The van der Waals surface area contributed by atoms with Crippen LogP contribution in [-0.2, 0) is 9.59 Å². The Hall–Kier alpha value is -2.30. The Bertz CT molecular complexity index is 1050. The fourth-order valence-corrected chi connectivity index (χ4v) is 5.05. The number of thioether (sulfide) groups is 1. The summed E-state index contributed by atoms with van der Waals surface area (Å²) < 4.78 is 11.9. The zero-order chi connectivity index (χ0) is 22.5. The molecule has 0 unspecified atom stereocenters. The van der Waals surface area contributed by atoms with Crippen LogP contribution in [0.5, 0.6) is 11.5 Å². The van der Waals surface area contributed by atoms with Crippen molar-refractivity contribution in [1.82, 2.24) is 4.90 Å². The minimum atomic E-state index is -1.09. The van der Waals surface area contributed by atoms with Crippen LogP contribution in [0.1, 0.15) is 11.1 Å². The van der Waals surface area contributed by atoms with Gasteiger partial charge in [-0.25, -0.2) is 4.79 Å². The molecule has 31 heavy (non-hydrogen) atoms. The van der Waals surface area contributed by atoms with Crippen LogP contribution in [0.25, 0.3) is 6.08 Å². The third kappa shape index (κ3) is 6.11. The maximum absolute atomic E-state index is 12.7. The van der Waals surface area contributed by atoms with Crippen LogP contribution in [0.3, 0.4) is 0 Å². The predicted octanol–water partition coefficient (Wildman–Crippen LogP) is 5.10. The van der Waals surface area contributed by atoms with Crippen molar-refractivity contribution in [3.05, 3.63) is 61.4 Å². The smallest absolute Gasteiger partial charge is 0.341 e.